The molecule has 3 aromatic rings. The van der Waals surface area contributed by atoms with Gasteiger partial charge < -0.3 is 4.90 Å². The number of rotatable bonds is 2. The Hall–Kier alpha value is -3.65. The number of hydrogen-bond donors (Lipinski definition) is 0. The molecule has 0 fully saturated rings. The lowest BCUT2D eigenvalue weighted by atomic mass is 10.1. The van der Waals surface area contributed by atoms with Crippen molar-refractivity contribution in [3.63, 3.8) is 0 Å². The molecule has 1 aromatic heterocycles. The van der Waals surface area contributed by atoms with Crippen LogP contribution >= 0.6 is 0 Å². The molecule has 0 bridgehead atoms. The van der Waals surface area contributed by atoms with Crippen molar-refractivity contribution < 1.29 is 30.3 Å². The van der Waals surface area contributed by atoms with Crippen LogP contribution in [0.25, 0.3) is 0 Å². The Bertz CT molecular complexity index is 1400. The van der Waals surface area contributed by atoms with Crippen LogP contribution in [0.4, 0.5) is 22.7 Å². The molecular formula is C22H15F4N3O3S. The van der Waals surface area contributed by atoms with Crippen LogP contribution < -0.4 is 4.90 Å². The maximum atomic E-state index is 13.2. The molecule has 4 rings (SSSR count). The molecule has 0 N–H and O–H groups in total. The molecule has 2 heterocycles. The second kappa shape index (κ2) is 8.04. The highest BCUT2D eigenvalue weighted by atomic mass is 32.3. The van der Waals surface area contributed by atoms with E-state index in [-0.39, 0.29) is 29.4 Å². The lowest BCUT2D eigenvalue weighted by Gasteiger charge is -2.32. The van der Waals surface area contributed by atoms with Crippen molar-refractivity contribution in [3.8, 4) is 11.8 Å². The summed E-state index contributed by atoms with van der Waals surface area (Å²) in [5, 5.41) is 4.19. The number of amides is 1. The molecule has 0 spiro atoms. The van der Waals surface area contributed by atoms with E-state index in [1.54, 1.807) is 6.92 Å². The third kappa shape index (κ3) is 4.47. The van der Waals surface area contributed by atoms with Crippen LogP contribution in [0.3, 0.4) is 0 Å². The Morgan fingerprint density at radius 3 is 2.42 bits per heavy atom. The fourth-order valence-corrected chi connectivity index (χ4v) is 3.98. The zero-order valence-corrected chi connectivity index (χ0v) is 17.8. The number of hydrogen-bond acceptors (Lipinski definition) is 4. The highest BCUT2D eigenvalue weighted by Gasteiger charge is 2.34. The predicted octanol–water partition coefficient (Wildman–Crippen LogP) is 4.18. The number of carbonyl (C=O) groups is 1. The average Bonchev–Trinajstić information content (AvgIpc) is 3.19. The van der Waals surface area contributed by atoms with Gasteiger partial charge >= 0.3 is 16.4 Å². The van der Waals surface area contributed by atoms with Crippen LogP contribution in [0.1, 0.15) is 40.1 Å². The summed E-state index contributed by atoms with van der Waals surface area (Å²) in [7, 11) is -4.89. The summed E-state index contributed by atoms with van der Waals surface area (Å²) in [5.74, 6) is 4.96. The Kier molecular flexibility index (Phi) is 5.49. The molecule has 0 aliphatic carbocycles. The van der Waals surface area contributed by atoms with Crippen molar-refractivity contribution in [2.24, 2.45) is 0 Å². The third-order valence-electron chi connectivity index (χ3n) is 5.07. The SMILES string of the molecule is C[C@H]1CN(c2ccc(C(F)(F)F)cc2)C(=O)c2c(C#Cc3cccc(S(=O)(=O)F)c3)cnn21. The first-order chi connectivity index (χ1) is 15.4. The van der Waals surface area contributed by atoms with E-state index >= 15 is 0 Å². The fraction of sp³-hybridized carbons (Fsp3) is 0.182. The minimum Gasteiger partial charge on any atom is -0.305 e. The molecule has 33 heavy (non-hydrogen) atoms. The molecule has 11 heteroatoms. The van der Waals surface area contributed by atoms with Crippen LogP contribution in [0.15, 0.2) is 59.6 Å². The highest BCUT2D eigenvalue weighted by Crippen LogP contribution is 2.32. The molecular weight excluding hydrogens is 462 g/mol. The van der Waals surface area contributed by atoms with Crippen LogP contribution in [0.2, 0.25) is 0 Å². The molecule has 0 unspecified atom stereocenters. The van der Waals surface area contributed by atoms with Crippen LogP contribution in [0, 0.1) is 11.8 Å². The van der Waals surface area contributed by atoms with Gasteiger partial charge in [-0.15, -0.1) is 3.89 Å². The maximum absolute atomic E-state index is 13.2. The first-order valence-electron chi connectivity index (χ1n) is 9.58. The van der Waals surface area contributed by atoms with Gasteiger partial charge in [0.2, 0.25) is 0 Å². The highest BCUT2D eigenvalue weighted by molar-refractivity contribution is 7.86. The Morgan fingerprint density at radius 1 is 1.09 bits per heavy atom. The molecule has 0 radical (unpaired) electrons. The van der Waals surface area contributed by atoms with Crippen LogP contribution in [0.5, 0.6) is 0 Å². The van der Waals surface area contributed by atoms with Crippen molar-refractivity contribution in [3.05, 3.63) is 77.1 Å². The summed E-state index contributed by atoms with van der Waals surface area (Å²) >= 11 is 0. The van der Waals surface area contributed by atoms with Gasteiger partial charge in [0.15, 0.2) is 0 Å². The Morgan fingerprint density at radius 2 is 1.79 bits per heavy atom. The summed E-state index contributed by atoms with van der Waals surface area (Å²) in [6, 6.07) is 8.97. The second-order valence-corrected chi connectivity index (χ2v) is 8.72. The minimum absolute atomic E-state index is 0.149. The maximum Gasteiger partial charge on any atom is 0.416 e. The smallest absolute Gasteiger partial charge is 0.305 e. The van der Waals surface area contributed by atoms with E-state index in [9.17, 15) is 30.3 Å². The number of aromatic nitrogens is 2. The normalized spacial score (nSPS) is 16.2. The van der Waals surface area contributed by atoms with Crippen molar-refractivity contribution >= 4 is 21.8 Å². The molecule has 1 amide bonds. The zero-order chi connectivity index (χ0) is 24.0. The number of halogens is 4. The summed E-state index contributed by atoms with van der Waals surface area (Å²) in [6.45, 7) is 2.00. The molecule has 1 atom stereocenters. The molecule has 0 saturated carbocycles. The van der Waals surface area contributed by atoms with Gasteiger partial charge in [-0.25, -0.2) is 0 Å². The van der Waals surface area contributed by atoms with Gasteiger partial charge in [-0.2, -0.15) is 26.7 Å². The molecule has 0 saturated heterocycles. The summed E-state index contributed by atoms with van der Waals surface area (Å²) in [4.78, 5) is 14.0. The van der Waals surface area contributed by atoms with E-state index in [2.05, 4.69) is 16.9 Å². The van der Waals surface area contributed by atoms with Gasteiger partial charge in [-0.1, -0.05) is 17.9 Å². The van der Waals surface area contributed by atoms with Crippen LogP contribution in [-0.2, 0) is 16.4 Å². The first-order valence-corrected chi connectivity index (χ1v) is 11.0. The standard InChI is InChI=1S/C22H15F4N3O3S/c1-14-13-28(18-9-7-17(8-10-18)22(23,24)25)21(30)20-16(12-27-29(14)20)6-5-15-3-2-4-19(11-15)33(26,31)32/h2-4,7-12,14H,13H2,1H3/t14-/m0/s1. The van der Waals surface area contributed by atoms with Crippen molar-refractivity contribution in [1.82, 2.24) is 9.78 Å². The van der Waals surface area contributed by atoms with Crippen molar-refractivity contribution in [1.29, 1.82) is 0 Å². The molecule has 170 valence electrons. The Labute approximate surface area is 186 Å². The average molecular weight is 477 g/mol. The van der Waals surface area contributed by atoms with Gasteiger partial charge in [-0.3, -0.25) is 9.48 Å². The van der Waals surface area contributed by atoms with Gasteiger partial charge in [0, 0.05) is 17.8 Å². The molecule has 6 nitrogen and oxygen atoms in total. The molecule has 1 aliphatic rings. The molecule has 2 aromatic carbocycles. The Balaban J connectivity index is 1.68. The number of nitrogens with zero attached hydrogens (tertiary/aromatic N) is 3. The number of anilines is 1. The summed E-state index contributed by atoms with van der Waals surface area (Å²) < 4.78 is 75.5. The van der Waals surface area contributed by atoms with Crippen LogP contribution in [-0.4, -0.2) is 30.7 Å². The number of benzene rings is 2. The van der Waals surface area contributed by atoms with E-state index in [1.165, 1.54) is 40.0 Å². The van der Waals surface area contributed by atoms with Crippen molar-refractivity contribution in [2.45, 2.75) is 24.0 Å². The number of fused-ring (bicyclic) bond motifs is 1. The predicted molar refractivity (Wildman–Crippen MR) is 111 cm³/mol. The van der Waals surface area contributed by atoms with E-state index < -0.39 is 32.8 Å². The van der Waals surface area contributed by atoms with E-state index in [0.29, 0.717) is 5.69 Å². The van der Waals surface area contributed by atoms with Gasteiger partial charge in [0.1, 0.15) is 5.69 Å². The van der Waals surface area contributed by atoms with Gasteiger partial charge in [0.05, 0.1) is 28.3 Å². The monoisotopic (exact) mass is 477 g/mol. The largest absolute Gasteiger partial charge is 0.416 e. The lowest BCUT2D eigenvalue weighted by Crippen LogP contribution is -2.43. The third-order valence-corrected chi connectivity index (χ3v) is 5.89. The number of carbonyl (C=O) groups excluding carboxylic acids is 1. The summed E-state index contributed by atoms with van der Waals surface area (Å²) in [6.07, 6.45) is -3.11. The second-order valence-electron chi connectivity index (χ2n) is 7.38. The molecule has 1 aliphatic heterocycles. The quantitative estimate of drug-likeness (QED) is 0.315. The van der Waals surface area contributed by atoms with E-state index in [4.69, 9.17) is 0 Å². The van der Waals surface area contributed by atoms with E-state index in [0.717, 1.165) is 24.3 Å². The minimum atomic E-state index is -4.89. The lowest BCUT2D eigenvalue weighted by molar-refractivity contribution is -0.137. The zero-order valence-electron chi connectivity index (χ0n) is 17.0. The van der Waals surface area contributed by atoms with Gasteiger partial charge in [0.25, 0.3) is 5.91 Å². The summed E-state index contributed by atoms with van der Waals surface area (Å²) in [5.41, 5.74) is 0.0851. The van der Waals surface area contributed by atoms with Gasteiger partial charge in [-0.05, 0) is 49.4 Å². The fourth-order valence-electron chi connectivity index (χ4n) is 3.47. The number of alkyl halides is 3. The van der Waals surface area contributed by atoms with E-state index in [1.807, 2.05) is 0 Å². The topological polar surface area (TPSA) is 72.3 Å². The first kappa shape index (κ1) is 22.5. The van der Waals surface area contributed by atoms with Crippen molar-refractivity contribution in [2.75, 3.05) is 11.4 Å².